The Kier molecular flexibility index (Phi) is 2.36. The minimum atomic E-state index is -1.11. The lowest BCUT2D eigenvalue weighted by Gasteiger charge is -1.99. The van der Waals surface area contributed by atoms with E-state index in [2.05, 4.69) is 4.98 Å². The molecule has 2 aromatic heterocycles. The molecule has 0 saturated carbocycles. The summed E-state index contributed by atoms with van der Waals surface area (Å²) in [4.78, 5) is 24.7. The summed E-state index contributed by atoms with van der Waals surface area (Å²) in [6.45, 7) is 0. The minimum Gasteiger partial charge on any atom is -0.478 e. The molecule has 0 atom stereocenters. The highest BCUT2D eigenvalue weighted by Gasteiger charge is 2.07. The number of nitrogens with zero attached hydrogens (tertiary/aromatic N) is 1. The summed E-state index contributed by atoms with van der Waals surface area (Å²) in [6.07, 6.45) is 3.62. The van der Waals surface area contributed by atoms with Gasteiger partial charge in [-0.15, -0.1) is 0 Å². The van der Waals surface area contributed by atoms with E-state index in [1.54, 1.807) is 12.3 Å². The van der Waals surface area contributed by atoms with Crippen LogP contribution in [0.5, 0.6) is 0 Å². The molecule has 0 aromatic carbocycles. The maximum Gasteiger partial charge on any atom is 0.335 e. The Morgan fingerprint density at radius 1 is 1.44 bits per heavy atom. The number of H-pyrrole nitrogens is 1. The molecule has 0 bridgehead atoms. The van der Waals surface area contributed by atoms with E-state index >= 15 is 0 Å². The number of carbonyl (C=O) groups is 1. The predicted molar refractivity (Wildman–Crippen MR) is 58.4 cm³/mol. The molecule has 82 valence electrons. The molecular weight excluding hydrogens is 208 g/mol. The number of aromatic carboxylic acids is 1. The monoisotopic (exact) mass is 218 g/mol. The summed E-state index contributed by atoms with van der Waals surface area (Å²) in [5.74, 6) is -1.11. The SMILES string of the molecule is Cn1ccc(-c2cc(C(=O)O)cc(=O)[nH]2)c1. The van der Waals surface area contributed by atoms with Crippen LogP contribution in [0.4, 0.5) is 0 Å². The topological polar surface area (TPSA) is 75.1 Å². The molecule has 0 saturated heterocycles. The van der Waals surface area contributed by atoms with Crippen molar-refractivity contribution in [2.24, 2.45) is 7.05 Å². The zero-order valence-electron chi connectivity index (χ0n) is 8.60. The Bertz CT molecular complexity index is 595. The van der Waals surface area contributed by atoms with Gasteiger partial charge in [-0.3, -0.25) is 4.79 Å². The highest BCUT2D eigenvalue weighted by molar-refractivity contribution is 5.88. The average molecular weight is 218 g/mol. The Labute approximate surface area is 91.0 Å². The summed E-state index contributed by atoms with van der Waals surface area (Å²) in [7, 11) is 1.85. The lowest BCUT2D eigenvalue weighted by Crippen LogP contribution is -2.10. The quantitative estimate of drug-likeness (QED) is 0.791. The fourth-order valence-electron chi connectivity index (χ4n) is 1.48. The van der Waals surface area contributed by atoms with Crippen LogP contribution >= 0.6 is 0 Å². The van der Waals surface area contributed by atoms with Crippen LogP contribution in [0.2, 0.25) is 0 Å². The van der Waals surface area contributed by atoms with Gasteiger partial charge in [0.15, 0.2) is 0 Å². The number of aromatic amines is 1. The van der Waals surface area contributed by atoms with Gasteiger partial charge >= 0.3 is 5.97 Å². The van der Waals surface area contributed by atoms with Crippen molar-refractivity contribution in [2.75, 3.05) is 0 Å². The third-order valence-electron chi connectivity index (χ3n) is 2.23. The minimum absolute atomic E-state index is 0.0115. The third-order valence-corrected chi connectivity index (χ3v) is 2.23. The summed E-state index contributed by atoms with van der Waals surface area (Å²) < 4.78 is 1.82. The number of aryl methyl sites for hydroxylation is 1. The van der Waals surface area contributed by atoms with Crippen LogP contribution in [-0.4, -0.2) is 20.6 Å². The van der Waals surface area contributed by atoms with Crippen LogP contribution in [0.1, 0.15) is 10.4 Å². The molecule has 0 unspecified atom stereocenters. The predicted octanol–water partition coefficient (Wildman–Crippen LogP) is 1.08. The fraction of sp³-hybridized carbons (Fsp3) is 0.0909. The lowest BCUT2D eigenvalue weighted by molar-refractivity contribution is 0.0696. The van der Waals surface area contributed by atoms with Crippen LogP contribution in [0.25, 0.3) is 11.3 Å². The second kappa shape index (κ2) is 3.69. The standard InChI is InChI=1S/C11H10N2O3/c1-13-3-2-7(6-13)9-4-8(11(15)16)5-10(14)12-9/h2-6H,1H3,(H,12,14)(H,15,16). The first-order chi connectivity index (χ1) is 7.56. The Hall–Kier alpha value is -2.30. The van der Waals surface area contributed by atoms with Gasteiger partial charge in [0.25, 0.3) is 0 Å². The van der Waals surface area contributed by atoms with Crippen LogP contribution in [0.3, 0.4) is 0 Å². The van der Waals surface area contributed by atoms with Gasteiger partial charge in [-0.25, -0.2) is 4.79 Å². The molecule has 0 amide bonds. The lowest BCUT2D eigenvalue weighted by atomic mass is 10.1. The van der Waals surface area contributed by atoms with E-state index in [9.17, 15) is 9.59 Å². The second-order valence-corrected chi connectivity index (χ2v) is 3.52. The van der Waals surface area contributed by atoms with Gasteiger partial charge in [-0.05, 0) is 12.1 Å². The molecule has 0 aliphatic heterocycles. The number of aromatic nitrogens is 2. The van der Waals surface area contributed by atoms with E-state index in [-0.39, 0.29) is 5.56 Å². The van der Waals surface area contributed by atoms with Crippen molar-refractivity contribution in [3.05, 3.63) is 46.5 Å². The summed E-state index contributed by atoms with van der Waals surface area (Å²) >= 11 is 0. The van der Waals surface area contributed by atoms with E-state index in [1.807, 2.05) is 17.8 Å². The van der Waals surface area contributed by atoms with Crippen molar-refractivity contribution < 1.29 is 9.90 Å². The van der Waals surface area contributed by atoms with E-state index in [1.165, 1.54) is 6.07 Å². The second-order valence-electron chi connectivity index (χ2n) is 3.52. The van der Waals surface area contributed by atoms with E-state index < -0.39 is 11.5 Å². The molecular formula is C11H10N2O3. The van der Waals surface area contributed by atoms with Crippen molar-refractivity contribution in [2.45, 2.75) is 0 Å². The van der Waals surface area contributed by atoms with Crippen LogP contribution < -0.4 is 5.56 Å². The fourth-order valence-corrected chi connectivity index (χ4v) is 1.48. The maximum absolute atomic E-state index is 11.3. The smallest absolute Gasteiger partial charge is 0.335 e. The van der Waals surface area contributed by atoms with Gasteiger partial charge in [0.05, 0.1) is 11.3 Å². The highest BCUT2D eigenvalue weighted by Crippen LogP contribution is 2.16. The van der Waals surface area contributed by atoms with Gasteiger partial charge < -0.3 is 14.7 Å². The summed E-state index contributed by atoms with van der Waals surface area (Å²) in [5.41, 5.74) is 0.856. The van der Waals surface area contributed by atoms with E-state index in [0.717, 1.165) is 11.6 Å². The van der Waals surface area contributed by atoms with E-state index in [4.69, 9.17) is 5.11 Å². The largest absolute Gasteiger partial charge is 0.478 e. The first kappa shape index (κ1) is 10.2. The van der Waals surface area contributed by atoms with Gasteiger partial charge in [0, 0.05) is 31.1 Å². The molecule has 2 aromatic rings. The molecule has 2 heterocycles. The molecule has 16 heavy (non-hydrogen) atoms. The van der Waals surface area contributed by atoms with Crippen LogP contribution in [0, 0.1) is 0 Å². The molecule has 0 radical (unpaired) electrons. The molecule has 0 fully saturated rings. The van der Waals surface area contributed by atoms with Crippen molar-refractivity contribution >= 4 is 5.97 Å². The van der Waals surface area contributed by atoms with Crippen LogP contribution in [-0.2, 0) is 7.05 Å². The Balaban J connectivity index is 2.57. The van der Waals surface area contributed by atoms with Gasteiger partial charge in [0.1, 0.15) is 0 Å². The van der Waals surface area contributed by atoms with E-state index in [0.29, 0.717) is 5.69 Å². The zero-order valence-corrected chi connectivity index (χ0v) is 8.60. The highest BCUT2D eigenvalue weighted by atomic mass is 16.4. The molecule has 0 aliphatic carbocycles. The number of rotatable bonds is 2. The zero-order chi connectivity index (χ0) is 11.7. The molecule has 0 aliphatic rings. The van der Waals surface area contributed by atoms with Crippen LogP contribution in [0.15, 0.2) is 35.4 Å². The normalized spacial score (nSPS) is 10.3. The van der Waals surface area contributed by atoms with Crippen molar-refractivity contribution in [1.29, 1.82) is 0 Å². The summed E-state index contributed by atoms with van der Waals surface area (Å²) in [6, 6.07) is 4.31. The first-order valence-electron chi connectivity index (χ1n) is 4.66. The van der Waals surface area contributed by atoms with Gasteiger partial charge in [-0.1, -0.05) is 0 Å². The van der Waals surface area contributed by atoms with Gasteiger partial charge in [0.2, 0.25) is 5.56 Å². The number of hydrogen-bond acceptors (Lipinski definition) is 2. The van der Waals surface area contributed by atoms with Crippen molar-refractivity contribution in [1.82, 2.24) is 9.55 Å². The summed E-state index contributed by atoms with van der Waals surface area (Å²) in [5, 5.41) is 8.83. The van der Waals surface area contributed by atoms with Crippen molar-refractivity contribution in [3.8, 4) is 11.3 Å². The molecule has 5 heteroatoms. The van der Waals surface area contributed by atoms with Gasteiger partial charge in [-0.2, -0.15) is 0 Å². The number of hydrogen-bond donors (Lipinski definition) is 2. The maximum atomic E-state index is 11.3. The number of nitrogens with one attached hydrogen (secondary N) is 1. The Morgan fingerprint density at radius 3 is 2.75 bits per heavy atom. The average Bonchev–Trinajstić information content (AvgIpc) is 2.64. The molecule has 0 spiro atoms. The van der Waals surface area contributed by atoms with Crippen molar-refractivity contribution in [3.63, 3.8) is 0 Å². The Morgan fingerprint density at radius 2 is 2.19 bits per heavy atom. The molecule has 2 rings (SSSR count). The first-order valence-corrected chi connectivity index (χ1v) is 4.66. The molecule has 5 nitrogen and oxygen atoms in total. The molecule has 2 N–H and O–H groups in total. The number of carboxylic acid groups (broad SMARTS) is 1. The third kappa shape index (κ3) is 1.88. The number of carboxylic acids is 1. The number of pyridine rings is 1.